The van der Waals surface area contributed by atoms with Crippen LogP contribution in [-0.2, 0) is 4.74 Å². The van der Waals surface area contributed by atoms with E-state index in [1.54, 1.807) is 0 Å². The van der Waals surface area contributed by atoms with E-state index in [0.29, 0.717) is 30.1 Å². The highest BCUT2D eigenvalue weighted by atomic mass is 16.5. The Hall–Kier alpha value is -0.840. The molecule has 0 aromatic carbocycles. The second-order valence-corrected chi connectivity index (χ2v) is 14.4. The third-order valence-electron chi connectivity index (χ3n) is 12.2. The van der Waals surface area contributed by atoms with Crippen molar-refractivity contribution in [3.05, 3.63) is 24.0 Å². The van der Waals surface area contributed by atoms with Gasteiger partial charge in [-0.3, -0.25) is 0 Å². The number of ether oxygens (including phenoxy) is 1. The van der Waals surface area contributed by atoms with Gasteiger partial charge in [0.25, 0.3) is 0 Å². The lowest BCUT2D eigenvalue weighted by Crippen LogP contribution is -2.65. The van der Waals surface area contributed by atoms with Crippen LogP contribution in [0.25, 0.3) is 0 Å². The summed E-state index contributed by atoms with van der Waals surface area (Å²) in [4.78, 5) is 0. The highest BCUT2D eigenvalue weighted by molar-refractivity contribution is 5.35. The first kappa shape index (κ1) is 24.8. The largest absolute Gasteiger partial charge is 0.512 e. The molecule has 34 heavy (non-hydrogen) atoms. The summed E-state index contributed by atoms with van der Waals surface area (Å²) in [7, 11) is 0. The van der Waals surface area contributed by atoms with Crippen LogP contribution < -0.4 is 0 Å². The van der Waals surface area contributed by atoms with E-state index in [1.165, 1.54) is 12.8 Å². The molecule has 4 heteroatoms. The molecule has 0 aromatic rings. The van der Waals surface area contributed by atoms with E-state index in [2.05, 4.69) is 46.8 Å². The molecule has 4 nitrogen and oxygen atoms in total. The van der Waals surface area contributed by atoms with E-state index in [1.807, 2.05) is 19.9 Å². The molecule has 5 aliphatic rings. The molecule has 0 amide bonds. The maximum atomic E-state index is 11.8. The third kappa shape index (κ3) is 2.94. The van der Waals surface area contributed by atoms with Crippen LogP contribution in [0.5, 0.6) is 0 Å². The zero-order valence-corrected chi connectivity index (χ0v) is 22.5. The van der Waals surface area contributed by atoms with Crippen LogP contribution in [0.4, 0.5) is 0 Å². The number of aliphatic hydroxyl groups is 3. The monoisotopic (exact) mass is 472 g/mol. The number of allylic oxidation sites excluding steroid dienone is 2. The van der Waals surface area contributed by atoms with Crippen LogP contribution in [0, 0.1) is 45.3 Å². The van der Waals surface area contributed by atoms with Gasteiger partial charge in [-0.15, -0.1) is 0 Å². The van der Waals surface area contributed by atoms with Crippen molar-refractivity contribution in [3.8, 4) is 0 Å². The summed E-state index contributed by atoms with van der Waals surface area (Å²) in [6, 6.07) is 0. The van der Waals surface area contributed by atoms with E-state index >= 15 is 0 Å². The normalized spacial score (nSPS) is 50.4. The number of hydrogen-bond acceptors (Lipinski definition) is 4. The quantitative estimate of drug-likeness (QED) is 0.427. The molecule has 1 spiro atoms. The van der Waals surface area contributed by atoms with Crippen molar-refractivity contribution < 1.29 is 20.1 Å². The number of hydrogen-bond donors (Lipinski definition) is 3. The summed E-state index contributed by atoms with van der Waals surface area (Å²) < 4.78 is 6.74. The van der Waals surface area contributed by atoms with Gasteiger partial charge in [-0.25, -0.2) is 0 Å². The Morgan fingerprint density at radius 3 is 2.47 bits per heavy atom. The fourth-order valence-corrected chi connectivity index (χ4v) is 10.1. The van der Waals surface area contributed by atoms with Gasteiger partial charge in [-0.1, -0.05) is 46.8 Å². The number of fused-ring (bicyclic) bond motifs is 2. The molecule has 0 radical (unpaired) electrons. The minimum Gasteiger partial charge on any atom is -0.512 e. The fraction of sp³-hybridized carbons (Fsp3) is 0.867. The Balaban J connectivity index is 1.51. The van der Waals surface area contributed by atoms with Gasteiger partial charge in [-0.2, -0.15) is 0 Å². The summed E-state index contributed by atoms with van der Waals surface area (Å²) in [5, 5.41) is 32.8. The summed E-state index contributed by atoms with van der Waals surface area (Å²) in [6.07, 6.45) is 13.2. The Morgan fingerprint density at radius 1 is 1.09 bits per heavy atom. The summed E-state index contributed by atoms with van der Waals surface area (Å²) in [6.45, 7) is 16.0. The zero-order chi connectivity index (χ0) is 24.9. The van der Waals surface area contributed by atoms with Crippen molar-refractivity contribution in [2.24, 2.45) is 45.3 Å². The van der Waals surface area contributed by atoms with E-state index in [0.717, 1.165) is 32.1 Å². The van der Waals surface area contributed by atoms with Crippen molar-refractivity contribution in [1.82, 2.24) is 0 Å². The molecule has 9 atom stereocenters. The van der Waals surface area contributed by atoms with Gasteiger partial charge in [0.2, 0.25) is 0 Å². The molecule has 0 aromatic heterocycles. The lowest BCUT2D eigenvalue weighted by Gasteiger charge is -2.65. The van der Waals surface area contributed by atoms with Crippen LogP contribution in [0.3, 0.4) is 0 Å². The van der Waals surface area contributed by atoms with Crippen molar-refractivity contribution in [3.63, 3.8) is 0 Å². The lowest BCUT2D eigenvalue weighted by molar-refractivity contribution is -0.178. The minimum atomic E-state index is -0.764. The Kier molecular flexibility index (Phi) is 5.37. The molecule has 1 heterocycles. The van der Waals surface area contributed by atoms with Gasteiger partial charge in [-0.05, 0) is 87.5 Å². The van der Waals surface area contributed by atoms with Gasteiger partial charge >= 0.3 is 0 Å². The lowest BCUT2D eigenvalue weighted by atomic mass is 9.38. The van der Waals surface area contributed by atoms with Crippen LogP contribution in [0.15, 0.2) is 24.0 Å². The number of rotatable bonds is 4. The van der Waals surface area contributed by atoms with E-state index in [4.69, 9.17) is 4.74 Å². The van der Waals surface area contributed by atoms with Gasteiger partial charge in [0.05, 0.1) is 24.1 Å². The van der Waals surface area contributed by atoms with Crippen LogP contribution in [-0.4, -0.2) is 39.2 Å². The fourth-order valence-electron chi connectivity index (χ4n) is 10.1. The minimum absolute atomic E-state index is 0.0244. The van der Waals surface area contributed by atoms with Crippen molar-refractivity contribution >= 4 is 0 Å². The van der Waals surface area contributed by atoms with Crippen molar-refractivity contribution in [2.75, 3.05) is 6.61 Å². The first-order valence-corrected chi connectivity index (χ1v) is 13.8. The maximum absolute atomic E-state index is 11.8. The van der Waals surface area contributed by atoms with Crippen LogP contribution >= 0.6 is 0 Å². The predicted octanol–water partition coefficient (Wildman–Crippen LogP) is 6.18. The predicted molar refractivity (Wildman–Crippen MR) is 135 cm³/mol. The molecule has 1 aliphatic heterocycles. The maximum Gasteiger partial charge on any atom is 0.101 e. The molecule has 0 unspecified atom stereocenters. The smallest absolute Gasteiger partial charge is 0.101 e. The standard InChI is InChI=1S/C30H48O4/c1-19(9-8-13-25(2,3)33)20-12-14-28(7)24-21(31)17-30-22(10-11-23(32)26(30,4)5)29(24,18-34-30)16-15-27(20,28)6/h8,13,17,19-20,22-24,31-33H,9-12,14-16,18H2,1-7H3/b13-8+/t19-,20-,22+,23+,24+,27-,28+,29-,30-/m1/s1. The molecule has 3 N–H and O–H groups in total. The second-order valence-electron chi connectivity index (χ2n) is 14.4. The zero-order valence-electron chi connectivity index (χ0n) is 22.5. The highest BCUT2D eigenvalue weighted by Crippen LogP contribution is 2.78. The van der Waals surface area contributed by atoms with E-state index in [9.17, 15) is 15.3 Å². The first-order chi connectivity index (χ1) is 15.6. The molecule has 192 valence electrons. The Bertz CT molecular complexity index is 898. The van der Waals surface area contributed by atoms with Crippen molar-refractivity contribution in [2.45, 2.75) is 111 Å². The van der Waals surface area contributed by atoms with Gasteiger partial charge in [0.15, 0.2) is 0 Å². The molecule has 4 aliphatic carbocycles. The molecule has 5 rings (SSSR count). The number of aliphatic hydroxyl groups excluding tert-OH is 2. The molecular formula is C30H48O4. The molecule has 1 saturated heterocycles. The molecule has 4 fully saturated rings. The molecule has 3 saturated carbocycles. The van der Waals surface area contributed by atoms with Gasteiger partial charge in [0.1, 0.15) is 5.60 Å². The molecular weight excluding hydrogens is 424 g/mol. The summed E-state index contributed by atoms with van der Waals surface area (Å²) in [5.74, 6) is 2.19. The molecule has 2 bridgehead atoms. The first-order valence-electron chi connectivity index (χ1n) is 13.8. The van der Waals surface area contributed by atoms with Gasteiger partial charge < -0.3 is 20.1 Å². The Labute approximate surface area is 206 Å². The van der Waals surface area contributed by atoms with E-state index < -0.39 is 22.7 Å². The van der Waals surface area contributed by atoms with E-state index in [-0.39, 0.29) is 22.2 Å². The Morgan fingerprint density at radius 2 is 1.79 bits per heavy atom. The summed E-state index contributed by atoms with van der Waals surface area (Å²) >= 11 is 0. The van der Waals surface area contributed by atoms with Crippen LogP contribution in [0.1, 0.15) is 93.4 Å². The summed E-state index contributed by atoms with van der Waals surface area (Å²) in [5.41, 5.74) is -1.55. The average Bonchev–Trinajstić information content (AvgIpc) is 3.12. The highest BCUT2D eigenvalue weighted by Gasteiger charge is 2.77. The average molecular weight is 473 g/mol. The second kappa shape index (κ2) is 7.35. The van der Waals surface area contributed by atoms with Crippen molar-refractivity contribution in [1.29, 1.82) is 0 Å². The van der Waals surface area contributed by atoms with Crippen LogP contribution in [0.2, 0.25) is 0 Å². The van der Waals surface area contributed by atoms with Gasteiger partial charge in [0, 0.05) is 22.7 Å². The topological polar surface area (TPSA) is 69.9 Å². The SMILES string of the molecule is C[C@H](C/C=C/C(C)(C)O)[C@H]1CC[C@@]2(C)[C@@H]3C(O)=C[C@@]45OC[C@]3(CC[C@]12C)[C@@H]4CC[C@H](O)C5(C)C. The third-order valence-corrected chi connectivity index (χ3v) is 12.2.